The van der Waals surface area contributed by atoms with Gasteiger partial charge in [0.25, 0.3) is 0 Å². The lowest BCUT2D eigenvalue weighted by Gasteiger charge is -2.21. The van der Waals surface area contributed by atoms with Gasteiger partial charge < -0.3 is 27.2 Å². The molecule has 1 aromatic heterocycles. The lowest BCUT2D eigenvalue weighted by atomic mass is 9.97. The molecule has 7 N–H and O–H groups in total. The quantitative estimate of drug-likeness (QED) is 0.182. The first-order valence-corrected chi connectivity index (χ1v) is 12.9. The molecule has 39 heavy (non-hydrogen) atoms. The molecule has 0 fully saturated rings. The van der Waals surface area contributed by atoms with Gasteiger partial charge in [0.2, 0.25) is 11.8 Å². The third kappa shape index (κ3) is 9.59. The number of hydrogen-bond donors (Lipinski definition) is 5. The number of rotatable bonds is 15. The van der Waals surface area contributed by atoms with Gasteiger partial charge in [-0.1, -0.05) is 48.5 Å². The number of carboxylic acid groups (broad SMARTS) is 1. The number of ketones is 1. The monoisotopic (exact) mass is 533 g/mol. The number of Topliss-reactive ketones (excluding diaryl/α,β-unsaturated/α-hetero) is 1. The van der Waals surface area contributed by atoms with E-state index in [1.54, 1.807) is 6.20 Å². The van der Waals surface area contributed by atoms with Crippen molar-refractivity contribution in [1.29, 1.82) is 0 Å². The standard InChI is InChI=1S/C29H35N5O5/c30-22(10-6-14-32-28(38)23(31)17-27(36)37)29(39)34-25(13-12-19-7-2-1-3-8-19)26(35)16-20-15-21-9-4-5-11-24(21)33-18-20/h1-5,7-9,11,15,18,22-23,25H,6,10,12-14,16-17,30-31H2,(H,32,38)(H,34,39)(H,36,37)/t22-,23-,25+/m0/s1. The van der Waals surface area contributed by atoms with E-state index < -0.39 is 42.3 Å². The first-order valence-electron chi connectivity index (χ1n) is 12.9. The predicted molar refractivity (Wildman–Crippen MR) is 148 cm³/mol. The molecule has 0 aliphatic rings. The molecule has 0 radical (unpaired) electrons. The van der Waals surface area contributed by atoms with Gasteiger partial charge in [-0.05, 0) is 48.9 Å². The summed E-state index contributed by atoms with van der Waals surface area (Å²) in [5, 5.41) is 15.0. The summed E-state index contributed by atoms with van der Waals surface area (Å²) in [6.45, 7) is 0.193. The number of nitrogens with one attached hydrogen (secondary N) is 2. The fourth-order valence-corrected chi connectivity index (χ4v) is 4.16. The van der Waals surface area contributed by atoms with Crippen LogP contribution in [0, 0.1) is 0 Å². The third-order valence-electron chi connectivity index (χ3n) is 6.35. The smallest absolute Gasteiger partial charge is 0.305 e. The number of hydrogen-bond acceptors (Lipinski definition) is 7. The summed E-state index contributed by atoms with van der Waals surface area (Å²) in [5.74, 6) is -2.33. The molecular formula is C29H35N5O5. The highest BCUT2D eigenvalue weighted by Gasteiger charge is 2.24. The molecule has 10 heteroatoms. The number of nitrogens with two attached hydrogens (primary N) is 2. The van der Waals surface area contributed by atoms with E-state index in [4.69, 9.17) is 16.6 Å². The Morgan fingerprint density at radius 3 is 2.33 bits per heavy atom. The van der Waals surface area contributed by atoms with Crippen LogP contribution in [-0.4, -0.2) is 58.3 Å². The van der Waals surface area contributed by atoms with Gasteiger partial charge in [-0.15, -0.1) is 0 Å². The van der Waals surface area contributed by atoms with E-state index in [1.165, 1.54) is 0 Å². The minimum Gasteiger partial charge on any atom is -0.481 e. The van der Waals surface area contributed by atoms with Crippen LogP contribution in [0.25, 0.3) is 10.9 Å². The lowest BCUT2D eigenvalue weighted by Crippen LogP contribution is -2.49. The van der Waals surface area contributed by atoms with Gasteiger partial charge in [0, 0.05) is 24.5 Å². The largest absolute Gasteiger partial charge is 0.481 e. The van der Waals surface area contributed by atoms with Gasteiger partial charge in [-0.25, -0.2) is 0 Å². The summed E-state index contributed by atoms with van der Waals surface area (Å²) in [6, 6.07) is 16.5. The van der Waals surface area contributed by atoms with Crippen molar-refractivity contribution in [1.82, 2.24) is 15.6 Å². The lowest BCUT2D eigenvalue weighted by molar-refractivity contribution is -0.139. The molecule has 0 unspecified atom stereocenters. The van der Waals surface area contributed by atoms with Crippen molar-refractivity contribution in [2.45, 2.75) is 56.7 Å². The zero-order chi connectivity index (χ0) is 28.2. The summed E-state index contributed by atoms with van der Waals surface area (Å²) >= 11 is 0. The maximum absolute atomic E-state index is 13.3. The molecule has 206 valence electrons. The van der Waals surface area contributed by atoms with Crippen LogP contribution >= 0.6 is 0 Å². The van der Waals surface area contributed by atoms with E-state index in [0.717, 1.165) is 22.0 Å². The number of fused-ring (bicyclic) bond motifs is 1. The van der Waals surface area contributed by atoms with Crippen molar-refractivity contribution in [3.8, 4) is 0 Å². The maximum Gasteiger partial charge on any atom is 0.305 e. The molecule has 0 bridgehead atoms. The molecule has 3 aromatic rings. The fraction of sp³-hybridized carbons (Fsp3) is 0.345. The van der Waals surface area contributed by atoms with E-state index in [9.17, 15) is 19.2 Å². The summed E-state index contributed by atoms with van der Waals surface area (Å²) in [5.41, 5.74) is 14.3. The zero-order valence-electron chi connectivity index (χ0n) is 21.7. The predicted octanol–water partition coefficient (Wildman–Crippen LogP) is 1.49. The highest BCUT2D eigenvalue weighted by Crippen LogP contribution is 2.15. The molecule has 3 atom stereocenters. The molecule has 0 saturated carbocycles. The molecule has 2 aromatic carbocycles. The second-order valence-corrected chi connectivity index (χ2v) is 9.51. The minimum absolute atomic E-state index is 0.120. The van der Waals surface area contributed by atoms with E-state index in [-0.39, 0.29) is 25.2 Å². The molecule has 3 rings (SSSR count). The van der Waals surface area contributed by atoms with Crippen LogP contribution in [-0.2, 0) is 32.0 Å². The normalized spacial score (nSPS) is 13.3. The van der Waals surface area contributed by atoms with Crippen molar-refractivity contribution in [3.05, 3.63) is 78.0 Å². The number of aliphatic carboxylic acids is 1. The summed E-state index contributed by atoms with van der Waals surface area (Å²) in [6.07, 6.45) is 2.99. The number of carbonyl (C=O) groups is 4. The van der Waals surface area contributed by atoms with Crippen molar-refractivity contribution < 1.29 is 24.3 Å². The average molecular weight is 534 g/mol. The van der Waals surface area contributed by atoms with Crippen LogP contribution in [0.1, 0.15) is 36.8 Å². The third-order valence-corrected chi connectivity index (χ3v) is 6.35. The Morgan fingerprint density at radius 1 is 0.872 bits per heavy atom. The van der Waals surface area contributed by atoms with Crippen LogP contribution < -0.4 is 22.1 Å². The topological polar surface area (TPSA) is 178 Å². The number of nitrogens with zero attached hydrogens (tertiary/aromatic N) is 1. The first-order chi connectivity index (χ1) is 18.7. The van der Waals surface area contributed by atoms with E-state index in [1.807, 2.05) is 60.7 Å². The van der Waals surface area contributed by atoms with Gasteiger partial charge in [-0.3, -0.25) is 24.2 Å². The van der Waals surface area contributed by atoms with Crippen LogP contribution in [0.2, 0.25) is 0 Å². The van der Waals surface area contributed by atoms with Crippen LogP contribution in [0.3, 0.4) is 0 Å². The van der Waals surface area contributed by atoms with Crippen LogP contribution in [0.5, 0.6) is 0 Å². The Kier molecular flexibility index (Phi) is 11.1. The van der Waals surface area contributed by atoms with Crippen LogP contribution in [0.4, 0.5) is 0 Å². The number of carbonyl (C=O) groups excluding carboxylic acids is 3. The second kappa shape index (κ2) is 14.7. The van der Waals surface area contributed by atoms with Crippen molar-refractivity contribution in [2.75, 3.05) is 6.54 Å². The highest BCUT2D eigenvalue weighted by atomic mass is 16.4. The number of benzene rings is 2. The number of carboxylic acids is 1. The Hall–Kier alpha value is -4.15. The molecular weight excluding hydrogens is 498 g/mol. The van der Waals surface area contributed by atoms with Crippen LogP contribution in [0.15, 0.2) is 66.9 Å². The number of amides is 2. The molecule has 0 saturated heterocycles. The van der Waals surface area contributed by atoms with Crippen molar-refractivity contribution in [3.63, 3.8) is 0 Å². The summed E-state index contributed by atoms with van der Waals surface area (Å²) in [7, 11) is 0. The van der Waals surface area contributed by atoms with Gasteiger partial charge in [-0.2, -0.15) is 0 Å². The number of para-hydroxylation sites is 1. The number of aromatic nitrogens is 1. The van der Waals surface area contributed by atoms with E-state index in [0.29, 0.717) is 19.3 Å². The SMILES string of the molecule is N[C@@H](CC(=O)O)C(=O)NCCC[C@H](N)C(=O)N[C@H](CCc1ccccc1)C(=O)Cc1cnc2ccccc2c1. The van der Waals surface area contributed by atoms with Gasteiger partial charge in [0.05, 0.1) is 30.1 Å². The average Bonchev–Trinajstić information content (AvgIpc) is 2.93. The van der Waals surface area contributed by atoms with Gasteiger partial charge in [0.1, 0.15) is 0 Å². The minimum atomic E-state index is -1.16. The second-order valence-electron chi connectivity index (χ2n) is 9.51. The van der Waals surface area contributed by atoms with Gasteiger partial charge >= 0.3 is 5.97 Å². The number of aryl methyl sites for hydroxylation is 1. The maximum atomic E-state index is 13.3. The Labute approximate surface area is 227 Å². The first kappa shape index (κ1) is 29.4. The van der Waals surface area contributed by atoms with E-state index >= 15 is 0 Å². The van der Waals surface area contributed by atoms with Gasteiger partial charge in [0.15, 0.2) is 5.78 Å². The van der Waals surface area contributed by atoms with Crippen molar-refractivity contribution in [2.24, 2.45) is 11.5 Å². The number of pyridine rings is 1. The van der Waals surface area contributed by atoms with E-state index in [2.05, 4.69) is 15.6 Å². The molecule has 2 amide bonds. The summed E-state index contributed by atoms with van der Waals surface area (Å²) < 4.78 is 0. The van der Waals surface area contributed by atoms with Crippen molar-refractivity contribution >= 4 is 34.5 Å². The molecule has 0 aliphatic carbocycles. The summed E-state index contributed by atoms with van der Waals surface area (Å²) in [4.78, 5) is 53.1. The molecule has 0 aliphatic heterocycles. The highest BCUT2D eigenvalue weighted by molar-refractivity contribution is 5.92. The molecule has 1 heterocycles. The molecule has 10 nitrogen and oxygen atoms in total. The zero-order valence-corrected chi connectivity index (χ0v) is 21.7. The Balaban J connectivity index is 1.57. The Bertz CT molecular complexity index is 1280. The Morgan fingerprint density at radius 2 is 1.59 bits per heavy atom. The fourth-order valence-electron chi connectivity index (χ4n) is 4.16. The molecule has 0 spiro atoms.